The fourth-order valence-corrected chi connectivity index (χ4v) is 1.59. The highest BCUT2D eigenvalue weighted by Crippen LogP contribution is 2.22. The van der Waals surface area contributed by atoms with Crippen molar-refractivity contribution in [3.8, 4) is 0 Å². The monoisotopic (exact) mass is 316 g/mol. The molecule has 1 amide bonds. The van der Waals surface area contributed by atoms with Gasteiger partial charge in [0.2, 0.25) is 0 Å². The zero-order valence-corrected chi connectivity index (χ0v) is 11.9. The maximum Gasteiger partial charge on any atom is 0.340 e. The number of hydrogen-bond donors (Lipinski definition) is 1. The van der Waals surface area contributed by atoms with E-state index in [1.54, 1.807) is 0 Å². The quantitative estimate of drug-likeness (QED) is 0.350. The summed E-state index contributed by atoms with van der Waals surface area (Å²) in [5.41, 5.74) is -0.291. The molecule has 8 nitrogen and oxygen atoms in total. The van der Waals surface area contributed by atoms with Crippen molar-refractivity contribution in [3.05, 3.63) is 38.9 Å². The third kappa shape index (κ3) is 5.36. The molecule has 0 radical (unpaired) electrons. The smallest absolute Gasteiger partial charge is 0.340 e. The number of rotatable bonds is 7. The molecule has 0 spiro atoms. The Bertz CT molecular complexity index is 549. The Kier molecular flexibility index (Phi) is 6.57. The zero-order chi connectivity index (χ0) is 15.8. The Balaban J connectivity index is 2.56. The van der Waals surface area contributed by atoms with Gasteiger partial charge in [0, 0.05) is 25.8 Å². The Hall–Kier alpha value is -2.19. The van der Waals surface area contributed by atoms with Crippen LogP contribution < -0.4 is 5.32 Å². The van der Waals surface area contributed by atoms with Gasteiger partial charge < -0.3 is 14.8 Å². The first-order chi connectivity index (χ1) is 9.95. The molecule has 1 aromatic carbocycles. The topological polar surface area (TPSA) is 108 Å². The summed E-state index contributed by atoms with van der Waals surface area (Å²) in [7, 11) is 1.49. The normalized spacial score (nSPS) is 10.0. The lowest BCUT2D eigenvalue weighted by molar-refractivity contribution is -0.384. The average Bonchev–Trinajstić information content (AvgIpc) is 2.44. The van der Waals surface area contributed by atoms with Gasteiger partial charge in [0.25, 0.3) is 11.6 Å². The molecule has 1 rings (SSSR count). The molecule has 0 aliphatic carbocycles. The van der Waals surface area contributed by atoms with Gasteiger partial charge in [-0.05, 0) is 6.07 Å². The van der Waals surface area contributed by atoms with E-state index >= 15 is 0 Å². The highest BCUT2D eigenvalue weighted by atomic mass is 35.5. The number of ether oxygens (including phenoxy) is 2. The second-order valence-corrected chi connectivity index (χ2v) is 4.25. The predicted molar refractivity (Wildman–Crippen MR) is 73.3 cm³/mol. The highest BCUT2D eigenvalue weighted by Gasteiger charge is 2.17. The molecule has 0 aliphatic heterocycles. The van der Waals surface area contributed by atoms with E-state index < -0.39 is 23.4 Å². The molecule has 0 saturated carbocycles. The van der Waals surface area contributed by atoms with Crippen molar-refractivity contribution in [1.29, 1.82) is 0 Å². The number of nitrogens with zero attached hydrogens (tertiary/aromatic N) is 1. The molecule has 0 bridgehead atoms. The van der Waals surface area contributed by atoms with Crippen molar-refractivity contribution in [2.24, 2.45) is 0 Å². The van der Waals surface area contributed by atoms with Crippen LogP contribution in [0.3, 0.4) is 0 Å². The third-order valence-electron chi connectivity index (χ3n) is 2.35. The van der Waals surface area contributed by atoms with Crippen LogP contribution in [0.15, 0.2) is 18.2 Å². The Morgan fingerprint density at radius 3 is 2.71 bits per heavy atom. The van der Waals surface area contributed by atoms with Crippen molar-refractivity contribution in [2.45, 2.75) is 0 Å². The molecule has 0 saturated heterocycles. The minimum absolute atomic E-state index is 0.0491. The molecule has 9 heteroatoms. The fraction of sp³-hybridized carbons (Fsp3) is 0.333. The summed E-state index contributed by atoms with van der Waals surface area (Å²) in [6, 6.07) is 3.34. The number of benzene rings is 1. The van der Waals surface area contributed by atoms with E-state index in [4.69, 9.17) is 21.1 Å². The molecular weight excluding hydrogens is 304 g/mol. The number of halogens is 1. The largest absolute Gasteiger partial charge is 0.452 e. The van der Waals surface area contributed by atoms with Gasteiger partial charge in [0.1, 0.15) is 0 Å². The maximum atomic E-state index is 11.7. The van der Waals surface area contributed by atoms with Gasteiger partial charge in [-0.2, -0.15) is 0 Å². The van der Waals surface area contributed by atoms with E-state index in [-0.39, 0.29) is 16.3 Å². The van der Waals surface area contributed by atoms with Gasteiger partial charge in [-0.25, -0.2) is 4.79 Å². The van der Waals surface area contributed by atoms with Crippen LogP contribution in [0.2, 0.25) is 5.02 Å². The van der Waals surface area contributed by atoms with Gasteiger partial charge in [0.05, 0.1) is 22.1 Å². The van der Waals surface area contributed by atoms with Crippen LogP contribution in [0.5, 0.6) is 0 Å². The standard InChI is InChI=1S/C12H13ClN2O6/c1-20-5-4-14-11(16)7-21-12(17)9-3-2-8(15(18)19)6-10(9)13/h2-3,6H,4-5,7H2,1H3,(H,14,16). The number of nitrogens with one attached hydrogen (secondary N) is 1. The van der Waals surface area contributed by atoms with E-state index in [0.717, 1.165) is 12.1 Å². The highest BCUT2D eigenvalue weighted by molar-refractivity contribution is 6.33. The molecule has 0 aromatic heterocycles. The molecule has 21 heavy (non-hydrogen) atoms. The summed E-state index contributed by atoms with van der Waals surface area (Å²) in [4.78, 5) is 32.9. The number of methoxy groups -OCH3 is 1. The summed E-state index contributed by atoms with van der Waals surface area (Å²) >= 11 is 5.76. The molecule has 0 heterocycles. The summed E-state index contributed by atoms with van der Waals surface area (Å²) in [5, 5.41) is 12.9. The number of nitro benzene ring substituents is 1. The Morgan fingerprint density at radius 1 is 1.43 bits per heavy atom. The second-order valence-electron chi connectivity index (χ2n) is 3.84. The molecule has 0 atom stereocenters. The van der Waals surface area contributed by atoms with E-state index in [1.807, 2.05) is 0 Å². The SMILES string of the molecule is COCCNC(=O)COC(=O)c1ccc([N+](=O)[O-])cc1Cl. The predicted octanol–water partition coefficient (Wildman–Crippen LogP) is 1.17. The van der Waals surface area contributed by atoms with Crippen molar-refractivity contribution < 1.29 is 24.0 Å². The number of esters is 1. The summed E-state index contributed by atoms with van der Waals surface area (Å²) in [5.74, 6) is -1.32. The first-order valence-corrected chi connectivity index (χ1v) is 6.20. The van der Waals surface area contributed by atoms with Crippen LogP contribution in [-0.2, 0) is 14.3 Å². The zero-order valence-electron chi connectivity index (χ0n) is 11.1. The number of nitro groups is 1. The van der Waals surface area contributed by atoms with E-state index in [2.05, 4.69) is 5.32 Å². The second kappa shape index (κ2) is 8.18. The van der Waals surface area contributed by atoms with Crippen LogP contribution >= 0.6 is 11.6 Å². The van der Waals surface area contributed by atoms with Crippen molar-refractivity contribution in [2.75, 3.05) is 26.9 Å². The summed E-state index contributed by atoms with van der Waals surface area (Å²) in [6.45, 7) is 0.162. The van der Waals surface area contributed by atoms with Crippen molar-refractivity contribution in [1.82, 2.24) is 5.32 Å². The van der Waals surface area contributed by atoms with Gasteiger partial charge in [0.15, 0.2) is 6.61 Å². The number of hydrogen-bond acceptors (Lipinski definition) is 6. The fourth-order valence-electron chi connectivity index (χ4n) is 1.34. The lowest BCUT2D eigenvalue weighted by atomic mass is 10.2. The van der Waals surface area contributed by atoms with Crippen LogP contribution in [0.4, 0.5) is 5.69 Å². The minimum Gasteiger partial charge on any atom is -0.452 e. The molecule has 1 aromatic rings. The van der Waals surface area contributed by atoms with E-state index in [9.17, 15) is 19.7 Å². The van der Waals surface area contributed by atoms with Crippen LogP contribution in [0, 0.1) is 10.1 Å². The van der Waals surface area contributed by atoms with Crippen LogP contribution in [0.25, 0.3) is 0 Å². The van der Waals surface area contributed by atoms with Crippen molar-refractivity contribution in [3.63, 3.8) is 0 Å². The first-order valence-electron chi connectivity index (χ1n) is 5.82. The summed E-state index contributed by atoms with van der Waals surface area (Å²) < 4.78 is 9.49. The van der Waals surface area contributed by atoms with E-state index in [0.29, 0.717) is 13.2 Å². The van der Waals surface area contributed by atoms with Crippen LogP contribution in [0.1, 0.15) is 10.4 Å². The van der Waals surface area contributed by atoms with Gasteiger partial charge in [-0.3, -0.25) is 14.9 Å². The molecule has 0 fully saturated rings. The average molecular weight is 317 g/mol. The number of amides is 1. The third-order valence-corrected chi connectivity index (χ3v) is 2.66. The van der Waals surface area contributed by atoms with E-state index in [1.165, 1.54) is 13.2 Å². The lowest BCUT2D eigenvalue weighted by Crippen LogP contribution is -2.31. The maximum absolute atomic E-state index is 11.7. The Labute approximate surface area is 125 Å². The number of carbonyl (C=O) groups excluding carboxylic acids is 2. The molecule has 0 unspecified atom stereocenters. The van der Waals surface area contributed by atoms with Gasteiger partial charge in [-0.1, -0.05) is 11.6 Å². The van der Waals surface area contributed by atoms with Gasteiger partial charge >= 0.3 is 5.97 Å². The molecule has 1 N–H and O–H groups in total. The number of non-ortho nitro benzene ring substituents is 1. The Morgan fingerprint density at radius 2 is 2.14 bits per heavy atom. The molecule has 114 valence electrons. The molecule has 0 aliphatic rings. The first kappa shape index (κ1) is 16.9. The number of carbonyl (C=O) groups is 2. The van der Waals surface area contributed by atoms with Crippen molar-refractivity contribution >= 4 is 29.2 Å². The van der Waals surface area contributed by atoms with Crippen LogP contribution in [-0.4, -0.2) is 43.7 Å². The van der Waals surface area contributed by atoms with Gasteiger partial charge in [-0.15, -0.1) is 0 Å². The lowest BCUT2D eigenvalue weighted by Gasteiger charge is -2.07. The minimum atomic E-state index is -0.836. The summed E-state index contributed by atoms with van der Waals surface area (Å²) in [6.07, 6.45) is 0. The molecular formula is C12H13ClN2O6.